The van der Waals surface area contributed by atoms with Gasteiger partial charge in [-0.1, -0.05) is 121 Å². The molecule has 11 rings (SSSR count). The molecule has 0 aliphatic carbocycles. The third-order valence-corrected chi connectivity index (χ3v) is 13.7. The van der Waals surface area contributed by atoms with Gasteiger partial charge in [0, 0.05) is 49.5 Å². The zero-order valence-corrected chi connectivity index (χ0v) is 31.1. The summed E-state index contributed by atoms with van der Waals surface area (Å²) in [5.74, 6) is 2.06. The third-order valence-electron chi connectivity index (χ3n) is 10.0. The van der Waals surface area contributed by atoms with E-state index in [-0.39, 0.29) is 0 Å². The summed E-state index contributed by atoms with van der Waals surface area (Å²) in [4.78, 5) is 15.1. The van der Waals surface area contributed by atoms with E-state index in [0.29, 0.717) is 17.5 Å². The van der Waals surface area contributed by atoms with Crippen LogP contribution in [0.1, 0.15) is 0 Å². The van der Waals surface area contributed by atoms with E-state index in [1.165, 1.54) is 62.9 Å². The Morgan fingerprint density at radius 1 is 0.370 bits per heavy atom. The maximum atomic E-state index is 5.07. The van der Waals surface area contributed by atoms with Crippen molar-refractivity contribution in [2.45, 2.75) is 0 Å². The fourth-order valence-corrected chi connectivity index (χ4v) is 11.5. The van der Waals surface area contributed by atoms with E-state index in [4.69, 9.17) is 15.0 Å². The van der Waals surface area contributed by atoms with E-state index in [0.717, 1.165) is 22.4 Å². The van der Waals surface area contributed by atoms with Crippen LogP contribution in [0.5, 0.6) is 0 Å². The Hall–Kier alpha value is -6.25. The second-order valence-corrected chi connectivity index (χ2v) is 16.0. The van der Waals surface area contributed by atoms with Gasteiger partial charge < -0.3 is 4.57 Å². The summed E-state index contributed by atoms with van der Waals surface area (Å²) in [6.45, 7) is 0. The highest BCUT2D eigenvalue weighted by atomic mass is 32.1. The Balaban J connectivity index is 1.08. The van der Waals surface area contributed by atoms with Crippen molar-refractivity contribution >= 4 is 74.6 Å². The lowest BCUT2D eigenvalue weighted by atomic mass is 10.0. The summed E-state index contributed by atoms with van der Waals surface area (Å²) in [6.07, 6.45) is 0. The molecule has 0 aliphatic rings. The molecule has 0 unspecified atom stereocenters. The van der Waals surface area contributed by atoms with Crippen molar-refractivity contribution in [3.63, 3.8) is 0 Å². The molecule has 5 aromatic heterocycles. The minimum atomic E-state index is 0.677. The van der Waals surface area contributed by atoms with Gasteiger partial charge >= 0.3 is 0 Å². The molecule has 0 bridgehead atoms. The van der Waals surface area contributed by atoms with Gasteiger partial charge in [0.05, 0.1) is 29.8 Å². The molecule has 5 heterocycles. The molecule has 6 aromatic carbocycles. The second kappa shape index (κ2) is 12.7. The van der Waals surface area contributed by atoms with E-state index in [1.54, 1.807) is 11.3 Å². The van der Waals surface area contributed by atoms with E-state index in [2.05, 4.69) is 137 Å². The summed E-state index contributed by atoms with van der Waals surface area (Å²) in [6, 6.07) is 55.5. The van der Waals surface area contributed by atoms with Crippen molar-refractivity contribution in [1.82, 2.24) is 19.5 Å². The quantitative estimate of drug-likeness (QED) is 0.170. The lowest BCUT2D eigenvalue weighted by Crippen LogP contribution is -1.99. The third kappa shape index (κ3) is 5.12. The van der Waals surface area contributed by atoms with Crippen LogP contribution in [-0.4, -0.2) is 19.5 Å². The summed E-state index contributed by atoms with van der Waals surface area (Å²) in [5, 5.41) is 7.04. The minimum Gasteiger partial charge on any atom is -0.309 e. The highest BCUT2D eigenvalue weighted by Crippen LogP contribution is 2.50. The van der Waals surface area contributed by atoms with Gasteiger partial charge in [0.15, 0.2) is 17.5 Å². The predicted octanol–water partition coefficient (Wildman–Crippen LogP) is 13.8. The Bertz CT molecular complexity index is 3080. The molecule has 0 radical (unpaired) electrons. The lowest BCUT2D eigenvalue weighted by Gasteiger charge is -2.08. The van der Waals surface area contributed by atoms with Gasteiger partial charge in [-0.2, -0.15) is 0 Å². The van der Waals surface area contributed by atoms with Gasteiger partial charge in [0.2, 0.25) is 0 Å². The van der Waals surface area contributed by atoms with Gasteiger partial charge in [-0.05, 0) is 53.1 Å². The molecule has 0 spiro atoms. The molecule has 0 amide bonds. The van der Waals surface area contributed by atoms with Crippen LogP contribution in [0.3, 0.4) is 0 Å². The number of nitrogens with zero attached hydrogens (tertiary/aromatic N) is 4. The first kappa shape index (κ1) is 31.3. The van der Waals surface area contributed by atoms with Crippen molar-refractivity contribution in [2.24, 2.45) is 0 Å². The van der Waals surface area contributed by atoms with Crippen molar-refractivity contribution in [1.29, 1.82) is 0 Å². The lowest BCUT2D eigenvalue weighted by molar-refractivity contribution is 1.08. The first-order chi connectivity index (χ1) is 26.8. The normalized spacial score (nSPS) is 11.7. The van der Waals surface area contributed by atoms with Crippen LogP contribution in [0.4, 0.5) is 0 Å². The Labute approximate surface area is 322 Å². The maximum absolute atomic E-state index is 5.07. The molecule has 7 heteroatoms. The molecule has 54 heavy (non-hydrogen) atoms. The van der Waals surface area contributed by atoms with Gasteiger partial charge in [0.25, 0.3) is 0 Å². The number of benzene rings is 6. The molecule has 0 fully saturated rings. The van der Waals surface area contributed by atoms with Crippen LogP contribution in [0.25, 0.3) is 103 Å². The van der Waals surface area contributed by atoms with Gasteiger partial charge in [-0.15, -0.1) is 34.0 Å². The van der Waals surface area contributed by atoms with Crippen LogP contribution in [-0.2, 0) is 0 Å². The molecular weight excluding hydrogens is 717 g/mol. The molecule has 0 aliphatic heterocycles. The largest absolute Gasteiger partial charge is 0.309 e. The van der Waals surface area contributed by atoms with Crippen molar-refractivity contribution in [2.75, 3.05) is 0 Å². The number of rotatable bonds is 6. The smallest absolute Gasteiger partial charge is 0.166 e. The van der Waals surface area contributed by atoms with Gasteiger partial charge in [-0.3, -0.25) is 0 Å². The van der Waals surface area contributed by atoms with Crippen LogP contribution < -0.4 is 0 Å². The number of hydrogen-bond acceptors (Lipinski definition) is 6. The topological polar surface area (TPSA) is 43.6 Å². The van der Waals surface area contributed by atoms with Crippen LogP contribution >= 0.6 is 34.0 Å². The Kier molecular flexibility index (Phi) is 7.36. The fraction of sp³-hybridized carbons (Fsp3) is 0. The van der Waals surface area contributed by atoms with E-state index < -0.39 is 0 Å². The van der Waals surface area contributed by atoms with Gasteiger partial charge in [-0.25, -0.2) is 15.0 Å². The highest BCUT2D eigenvalue weighted by Gasteiger charge is 2.22. The molecule has 11 aromatic rings. The highest BCUT2D eigenvalue weighted by molar-refractivity contribution is 7.38. The summed E-state index contributed by atoms with van der Waals surface area (Å²) in [7, 11) is 0. The van der Waals surface area contributed by atoms with E-state index >= 15 is 0 Å². The van der Waals surface area contributed by atoms with Crippen LogP contribution in [0.2, 0.25) is 0 Å². The van der Waals surface area contributed by atoms with Crippen LogP contribution in [0, 0.1) is 0 Å². The predicted molar refractivity (Wildman–Crippen MR) is 230 cm³/mol. The second-order valence-electron chi connectivity index (χ2n) is 13.3. The number of thiophene rings is 3. The molecule has 4 nitrogen and oxygen atoms in total. The average molecular weight is 745 g/mol. The summed E-state index contributed by atoms with van der Waals surface area (Å²) >= 11 is 5.45. The number of aromatic nitrogens is 4. The van der Waals surface area contributed by atoms with Crippen LogP contribution in [0.15, 0.2) is 168 Å². The summed E-state index contributed by atoms with van der Waals surface area (Å²) in [5.41, 5.74) is 11.5. The first-order valence-corrected chi connectivity index (χ1v) is 20.3. The first-order valence-electron chi connectivity index (χ1n) is 17.7. The number of fused-ring (bicyclic) bond motifs is 6. The zero-order chi connectivity index (χ0) is 35.6. The number of para-hydroxylation sites is 1. The van der Waals surface area contributed by atoms with Crippen molar-refractivity contribution in [3.8, 4) is 62.1 Å². The standard InChI is InChI=1S/C47H28N4S3/c1-5-13-29(14-6-1)32-21-23-39-35(25-32)36-26-33(22-24-40(36)51(39)34-19-11-4-12-20-34)37-27-52-43-41(37)54-42-38(28-53-44(42)43)47-49-45(30-15-7-2-8-16-30)48-46(50-47)31-17-9-3-10-18-31/h1-28H. The van der Waals surface area contributed by atoms with Crippen molar-refractivity contribution in [3.05, 3.63) is 168 Å². The monoisotopic (exact) mass is 744 g/mol. The average Bonchev–Trinajstić information content (AvgIpc) is 4.01. The molecule has 0 saturated heterocycles. The fourth-order valence-electron chi connectivity index (χ4n) is 7.45. The van der Waals surface area contributed by atoms with Gasteiger partial charge in [0.1, 0.15) is 0 Å². The zero-order valence-electron chi connectivity index (χ0n) is 28.7. The molecule has 254 valence electrons. The minimum absolute atomic E-state index is 0.677. The molecule has 0 saturated carbocycles. The summed E-state index contributed by atoms with van der Waals surface area (Å²) < 4.78 is 7.53. The van der Waals surface area contributed by atoms with Crippen molar-refractivity contribution < 1.29 is 0 Å². The maximum Gasteiger partial charge on any atom is 0.166 e. The SMILES string of the molecule is c1ccc(-c2ccc3c(c2)c2cc(-c4csc5c4sc4c(-c6nc(-c7ccccc7)nc(-c7ccccc7)n6)csc45)ccc2n3-c2ccccc2)cc1. The molecule has 0 atom stereocenters. The van der Waals surface area contributed by atoms with E-state index in [9.17, 15) is 0 Å². The Morgan fingerprint density at radius 2 is 0.833 bits per heavy atom. The Morgan fingerprint density at radius 3 is 1.43 bits per heavy atom. The number of hydrogen-bond donors (Lipinski definition) is 0. The van der Waals surface area contributed by atoms with E-state index in [1.807, 2.05) is 59.1 Å². The molecular formula is C47H28N4S3. The molecule has 0 N–H and O–H groups in total.